The third-order valence-electron chi connectivity index (χ3n) is 4.38. The number of nitrogens with zero attached hydrogens (tertiary/aromatic N) is 1. The van der Waals surface area contributed by atoms with Crippen LogP contribution in [0, 0.1) is 10.1 Å². The number of carbonyl (C=O) groups is 1. The van der Waals surface area contributed by atoms with Crippen LogP contribution < -0.4 is 20.1 Å². The van der Waals surface area contributed by atoms with Gasteiger partial charge in [0.2, 0.25) is 0 Å². The molecular weight excluding hydrogens is 350 g/mol. The van der Waals surface area contributed by atoms with E-state index in [0.717, 1.165) is 18.7 Å². The Morgan fingerprint density at radius 3 is 2.70 bits per heavy atom. The molecule has 8 nitrogen and oxygen atoms in total. The SMILES string of the molecule is CCOc1cc([N+](=O)[O-])c(C(=O)NCc2ccc3c(c2)CNC3)cc1OC. The summed E-state index contributed by atoms with van der Waals surface area (Å²) < 4.78 is 10.6. The van der Waals surface area contributed by atoms with Crippen LogP contribution in [0.1, 0.15) is 34.0 Å². The quantitative estimate of drug-likeness (QED) is 0.573. The first-order valence-electron chi connectivity index (χ1n) is 8.62. The average molecular weight is 371 g/mol. The number of amides is 1. The lowest BCUT2D eigenvalue weighted by Gasteiger charge is -2.12. The van der Waals surface area contributed by atoms with Gasteiger partial charge in [-0.1, -0.05) is 18.2 Å². The van der Waals surface area contributed by atoms with E-state index in [2.05, 4.69) is 10.6 Å². The molecule has 1 aliphatic rings. The average Bonchev–Trinajstić information content (AvgIpc) is 3.13. The van der Waals surface area contributed by atoms with Crippen molar-refractivity contribution in [2.45, 2.75) is 26.6 Å². The minimum atomic E-state index is -0.599. The van der Waals surface area contributed by atoms with E-state index in [1.54, 1.807) is 6.92 Å². The zero-order valence-corrected chi connectivity index (χ0v) is 15.2. The van der Waals surface area contributed by atoms with Crippen molar-refractivity contribution in [1.82, 2.24) is 10.6 Å². The van der Waals surface area contributed by atoms with E-state index in [4.69, 9.17) is 9.47 Å². The Bertz CT molecular complexity index is 882. The van der Waals surface area contributed by atoms with Gasteiger partial charge in [-0.25, -0.2) is 0 Å². The lowest BCUT2D eigenvalue weighted by molar-refractivity contribution is -0.385. The lowest BCUT2D eigenvalue weighted by Crippen LogP contribution is -2.24. The van der Waals surface area contributed by atoms with Gasteiger partial charge in [0.1, 0.15) is 5.56 Å². The van der Waals surface area contributed by atoms with Gasteiger partial charge < -0.3 is 20.1 Å². The molecule has 0 aromatic heterocycles. The number of nitro benzene ring substituents is 1. The third-order valence-corrected chi connectivity index (χ3v) is 4.38. The summed E-state index contributed by atoms with van der Waals surface area (Å²) in [6, 6.07) is 8.56. The highest BCUT2D eigenvalue weighted by Gasteiger charge is 2.24. The van der Waals surface area contributed by atoms with Gasteiger partial charge in [-0.3, -0.25) is 14.9 Å². The van der Waals surface area contributed by atoms with Gasteiger partial charge >= 0.3 is 0 Å². The van der Waals surface area contributed by atoms with E-state index in [1.165, 1.54) is 30.4 Å². The largest absolute Gasteiger partial charge is 0.493 e. The molecule has 2 aromatic rings. The van der Waals surface area contributed by atoms with E-state index in [-0.39, 0.29) is 29.3 Å². The molecule has 1 aliphatic heterocycles. The predicted octanol–water partition coefficient (Wildman–Crippen LogP) is 2.54. The molecular formula is C19H21N3O5. The van der Waals surface area contributed by atoms with E-state index in [0.29, 0.717) is 6.61 Å². The van der Waals surface area contributed by atoms with Crippen molar-refractivity contribution < 1.29 is 19.2 Å². The molecule has 0 aliphatic carbocycles. The van der Waals surface area contributed by atoms with Crippen molar-refractivity contribution in [2.24, 2.45) is 0 Å². The van der Waals surface area contributed by atoms with Crippen LogP contribution in [-0.2, 0) is 19.6 Å². The molecule has 1 amide bonds. The van der Waals surface area contributed by atoms with Crippen LogP contribution in [0.4, 0.5) is 5.69 Å². The number of nitro groups is 1. The number of ether oxygens (including phenoxy) is 2. The fourth-order valence-corrected chi connectivity index (χ4v) is 3.05. The first kappa shape index (κ1) is 18.7. The predicted molar refractivity (Wildman–Crippen MR) is 99.0 cm³/mol. The number of hydrogen-bond donors (Lipinski definition) is 2. The Kier molecular flexibility index (Phi) is 5.56. The number of fused-ring (bicyclic) bond motifs is 1. The fourth-order valence-electron chi connectivity index (χ4n) is 3.05. The van der Waals surface area contributed by atoms with Gasteiger partial charge in [0.05, 0.1) is 24.7 Å². The zero-order valence-electron chi connectivity index (χ0n) is 15.2. The van der Waals surface area contributed by atoms with Gasteiger partial charge in [0, 0.05) is 25.7 Å². The van der Waals surface area contributed by atoms with Crippen molar-refractivity contribution in [3.63, 3.8) is 0 Å². The van der Waals surface area contributed by atoms with Crippen LogP contribution >= 0.6 is 0 Å². The number of hydrogen-bond acceptors (Lipinski definition) is 6. The first-order valence-corrected chi connectivity index (χ1v) is 8.62. The number of benzene rings is 2. The molecule has 0 bridgehead atoms. The topological polar surface area (TPSA) is 103 Å². The van der Waals surface area contributed by atoms with Crippen LogP contribution in [0.3, 0.4) is 0 Å². The van der Waals surface area contributed by atoms with Crippen LogP contribution in [0.25, 0.3) is 0 Å². The number of nitrogens with one attached hydrogen (secondary N) is 2. The van der Waals surface area contributed by atoms with E-state index in [1.807, 2.05) is 18.2 Å². The molecule has 0 saturated carbocycles. The van der Waals surface area contributed by atoms with Gasteiger partial charge in [0.25, 0.3) is 11.6 Å². The second kappa shape index (κ2) is 8.05. The van der Waals surface area contributed by atoms with Crippen LogP contribution in [-0.4, -0.2) is 24.5 Å². The van der Waals surface area contributed by atoms with Crippen LogP contribution in [0.2, 0.25) is 0 Å². The summed E-state index contributed by atoms with van der Waals surface area (Å²) in [5.41, 5.74) is 3.00. The minimum Gasteiger partial charge on any atom is -0.493 e. The Balaban J connectivity index is 1.81. The number of methoxy groups -OCH3 is 1. The van der Waals surface area contributed by atoms with Crippen LogP contribution in [0.5, 0.6) is 11.5 Å². The van der Waals surface area contributed by atoms with Crippen LogP contribution in [0.15, 0.2) is 30.3 Å². The monoisotopic (exact) mass is 371 g/mol. The van der Waals surface area contributed by atoms with Gasteiger partial charge in [-0.05, 0) is 23.6 Å². The molecule has 2 N–H and O–H groups in total. The van der Waals surface area contributed by atoms with Gasteiger partial charge in [-0.2, -0.15) is 0 Å². The van der Waals surface area contributed by atoms with Crippen molar-refractivity contribution in [2.75, 3.05) is 13.7 Å². The second-order valence-corrected chi connectivity index (χ2v) is 6.10. The third kappa shape index (κ3) is 4.01. The molecule has 1 heterocycles. The molecule has 2 aromatic carbocycles. The molecule has 3 rings (SSSR count). The van der Waals surface area contributed by atoms with Crippen molar-refractivity contribution in [3.05, 3.63) is 62.7 Å². The maximum atomic E-state index is 12.6. The number of carbonyl (C=O) groups excluding carboxylic acids is 1. The summed E-state index contributed by atoms with van der Waals surface area (Å²) >= 11 is 0. The maximum absolute atomic E-state index is 12.6. The zero-order chi connectivity index (χ0) is 19.4. The Morgan fingerprint density at radius 2 is 2.00 bits per heavy atom. The molecule has 0 saturated heterocycles. The van der Waals surface area contributed by atoms with Gasteiger partial charge in [0.15, 0.2) is 11.5 Å². The van der Waals surface area contributed by atoms with Gasteiger partial charge in [-0.15, -0.1) is 0 Å². The standard InChI is InChI=1S/C19H21N3O5/c1-3-27-18-8-16(22(24)25)15(7-17(18)26-2)19(23)21-9-12-4-5-13-10-20-11-14(13)6-12/h4-8,20H,3,9-11H2,1-2H3,(H,21,23). The highest BCUT2D eigenvalue weighted by atomic mass is 16.6. The van der Waals surface area contributed by atoms with E-state index in [9.17, 15) is 14.9 Å². The summed E-state index contributed by atoms with van der Waals surface area (Å²) in [4.78, 5) is 23.4. The van der Waals surface area contributed by atoms with E-state index < -0.39 is 10.8 Å². The lowest BCUT2D eigenvalue weighted by atomic mass is 10.1. The molecule has 0 spiro atoms. The fraction of sp³-hybridized carbons (Fsp3) is 0.316. The maximum Gasteiger partial charge on any atom is 0.286 e. The van der Waals surface area contributed by atoms with E-state index >= 15 is 0 Å². The normalized spacial score (nSPS) is 12.4. The molecule has 142 valence electrons. The molecule has 8 heteroatoms. The molecule has 27 heavy (non-hydrogen) atoms. The van der Waals surface area contributed by atoms with Crippen molar-refractivity contribution in [1.29, 1.82) is 0 Å². The Hall–Kier alpha value is -3.13. The Labute approximate surface area is 156 Å². The summed E-state index contributed by atoms with van der Waals surface area (Å²) in [6.45, 7) is 4.02. The smallest absolute Gasteiger partial charge is 0.286 e. The first-order chi connectivity index (χ1) is 13.0. The molecule has 0 radical (unpaired) electrons. The summed E-state index contributed by atoms with van der Waals surface area (Å²) in [6.07, 6.45) is 0. The molecule has 0 atom stereocenters. The second-order valence-electron chi connectivity index (χ2n) is 6.10. The molecule has 0 unspecified atom stereocenters. The number of rotatable bonds is 7. The summed E-state index contributed by atoms with van der Waals surface area (Å²) in [5, 5.41) is 17.4. The summed E-state index contributed by atoms with van der Waals surface area (Å²) in [5.74, 6) is -0.0350. The highest BCUT2D eigenvalue weighted by molar-refractivity contribution is 5.99. The van der Waals surface area contributed by atoms with Crippen molar-refractivity contribution in [3.8, 4) is 11.5 Å². The molecule has 0 fully saturated rings. The minimum absolute atomic E-state index is 0.0665. The Morgan fingerprint density at radius 1 is 1.22 bits per heavy atom. The summed E-state index contributed by atoms with van der Waals surface area (Å²) in [7, 11) is 1.42. The van der Waals surface area contributed by atoms with Crippen molar-refractivity contribution >= 4 is 11.6 Å². The highest BCUT2D eigenvalue weighted by Crippen LogP contribution is 2.34.